The Labute approximate surface area is 212 Å². The number of nitrogens with zero attached hydrogens (tertiary/aromatic N) is 4. The Hall–Kier alpha value is -4.24. The molecule has 0 fully saturated rings. The number of anilines is 1. The number of aryl methyl sites for hydroxylation is 1. The van der Waals surface area contributed by atoms with Crippen LogP contribution in [-0.2, 0) is 29.1 Å². The Morgan fingerprint density at radius 1 is 1.06 bits per heavy atom. The average molecular weight is 500 g/mol. The summed E-state index contributed by atoms with van der Waals surface area (Å²) in [5, 5.41) is 13.2. The van der Waals surface area contributed by atoms with Crippen molar-refractivity contribution in [2.75, 3.05) is 4.90 Å². The van der Waals surface area contributed by atoms with Gasteiger partial charge in [-0.05, 0) is 59.8 Å². The predicted octanol–water partition coefficient (Wildman–Crippen LogP) is 4.74. The fourth-order valence-corrected chi connectivity index (χ4v) is 4.89. The maximum atomic E-state index is 13.9. The number of hydrogen-bond acceptors (Lipinski definition) is 6. The van der Waals surface area contributed by atoms with Crippen molar-refractivity contribution < 1.29 is 14.0 Å². The summed E-state index contributed by atoms with van der Waals surface area (Å²) in [4.78, 5) is 29.9. The van der Waals surface area contributed by atoms with Crippen LogP contribution in [0.2, 0.25) is 0 Å². The Kier molecular flexibility index (Phi) is 6.90. The summed E-state index contributed by atoms with van der Waals surface area (Å²) in [5.41, 5.74) is 3.23. The van der Waals surface area contributed by atoms with Gasteiger partial charge in [0.25, 0.3) is 0 Å². The van der Waals surface area contributed by atoms with Gasteiger partial charge >= 0.3 is 0 Å². The number of carbonyl (C=O) groups is 2. The molecule has 182 valence electrons. The van der Waals surface area contributed by atoms with E-state index in [1.165, 1.54) is 11.3 Å². The molecule has 0 spiro atoms. The maximum absolute atomic E-state index is 13.9. The van der Waals surface area contributed by atoms with Crippen molar-refractivity contribution >= 4 is 39.9 Å². The van der Waals surface area contributed by atoms with E-state index in [9.17, 15) is 9.59 Å². The zero-order valence-corrected chi connectivity index (χ0v) is 20.5. The van der Waals surface area contributed by atoms with E-state index in [4.69, 9.17) is 4.42 Å². The van der Waals surface area contributed by atoms with Gasteiger partial charge in [-0.1, -0.05) is 42.5 Å². The number of thiophene rings is 1. The van der Waals surface area contributed by atoms with E-state index >= 15 is 0 Å². The SMILES string of the molecule is CCc1ccc(N(C(=O)Cn2nnc3ccccc32)[C@H](C(=O)NCc2ccco2)c2cccs2)cc1. The van der Waals surface area contributed by atoms with Gasteiger partial charge in [-0.3, -0.25) is 14.5 Å². The molecule has 1 N–H and O–H groups in total. The van der Waals surface area contributed by atoms with Crippen LogP contribution in [0.15, 0.2) is 88.9 Å². The van der Waals surface area contributed by atoms with Crippen molar-refractivity contribution in [2.45, 2.75) is 32.5 Å². The summed E-state index contributed by atoms with van der Waals surface area (Å²) < 4.78 is 6.94. The summed E-state index contributed by atoms with van der Waals surface area (Å²) in [6, 6.07) is 21.6. The average Bonchev–Trinajstić information content (AvgIpc) is 3.69. The standard InChI is InChI=1S/C27H25N5O3S/c1-2-19-11-13-20(14-12-19)32(25(33)18-31-23-9-4-3-8-22(23)29-30-31)26(24-10-6-16-36-24)27(34)28-17-21-7-5-15-35-21/h3-16,26H,2,17-18H2,1H3,(H,28,34)/t26-/m0/s1. The number of nitrogens with one attached hydrogen (secondary N) is 1. The number of furan rings is 1. The van der Waals surface area contributed by atoms with Gasteiger partial charge < -0.3 is 9.73 Å². The lowest BCUT2D eigenvalue weighted by Crippen LogP contribution is -2.44. The molecule has 3 aromatic heterocycles. The van der Waals surface area contributed by atoms with Crippen LogP contribution in [-0.4, -0.2) is 26.8 Å². The van der Waals surface area contributed by atoms with Crippen LogP contribution in [0.1, 0.15) is 29.2 Å². The second-order valence-electron chi connectivity index (χ2n) is 8.23. The van der Waals surface area contributed by atoms with Crippen LogP contribution in [0.4, 0.5) is 5.69 Å². The summed E-state index contributed by atoms with van der Waals surface area (Å²) in [5.74, 6) is 0.0548. The fraction of sp³-hybridized carbons (Fsp3) is 0.185. The molecular weight excluding hydrogens is 474 g/mol. The molecule has 0 radical (unpaired) electrons. The molecule has 36 heavy (non-hydrogen) atoms. The van der Waals surface area contributed by atoms with E-state index in [-0.39, 0.29) is 24.9 Å². The molecule has 0 aliphatic heterocycles. The van der Waals surface area contributed by atoms with Gasteiger partial charge in [0.2, 0.25) is 11.8 Å². The molecule has 0 aliphatic carbocycles. The molecule has 9 heteroatoms. The third-order valence-corrected chi connectivity index (χ3v) is 6.86. The summed E-state index contributed by atoms with van der Waals surface area (Å²) in [7, 11) is 0. The van der Waals surface area contributed by atoms with E-state index in [0.717, 1.165) is 22.4 Å². The minimum absolute atomic E-state index is 0.0661. The molecule has 0 bridgehead atoms. The topological polar surface area (TPSA) is 93.3 Å². The first-order chi connectivity index (χ1) is 17.6. The first-order valence-corrected chi connectivity index (χ1v) is 12.5. The molecule has 1 atom stereocenters. The van der Waals surface area contributed by atoms with E-state index in [0.29, 0.717) is 17.0 Å². The highest BCUT2D eigenvalue weighted by atomic mass is 32.1. The van der Waals surface area contributed by atoms with Crippen LogP contribution in [0, 0.1) is 0 Å². The zero-order chi connectivity index (χ0) is 24.9. The second-order valence-corrected chi connectivity index (χ2v) is 9.21. The minimum atomic E-state index is -0.866. The van der Waals surface area contributed by atoms with Gasteiger partial charge in [0, 0.05) is 10.6 Å². The zero-order valence-electron chi connectivity index (χ0n) is 19.7. The predicted molar refractivity (Wildman–Crippen MR) is 138 cm³/mol. The molecule has 3 heterocycles. The summed E-state index contributed by atoms with van der Waals surface area (Å²) in [6.45, 7) is 2.23. The first-order valence-electron chi connectivity index (χ1n) is 11.7. The Morgan fingerprint density at radius 3 is 2.61 bits per heavy atom. The molecule has 0 saturated carbocycles. The number of hydrogen-bond donors (Lipinski definition) is 1. The fourth-order valence-electron chi connectivity index (χ4n) is 4.07. The van der Waals surface area contributed by atoms with E-state index in [2.05, 4.69) is 22.6 Å². The molecule has 5 rings (SSSR count). The molecule has 5 aromatic rings. The number of fused-ring (bicyclic) bond motifs is 1. The molecule has 0 saturated heterocycles. The lowest BCUT2D eigenvalue weighted by molar-refractivity contribution is -0.127. The van der Waals surface area contributed by atoms with E-state index in [1.54, 1.807) is 28.0 Å². The van der Waals surface area contributed by atoms with Crippen molar-refractivity contribution in [3.63, 3.8) is 0 Å². The monoisotopic (exact) mass is 499 g/mol. The lowest BCUT2D eigenvalue weighted by atomic mass is 10.1. The van der Waals surface area contributed by atoms with Gasteiger partial charge in [-0.25, -0.2) is 4.68 Å². The molecule has 2 aromatic carbocycles. The third-order valence-electron chi connectivity index (χ3n) is 5.93. The molecule has 0 aliphatic rings. The lowest BCUT2D eigenvalue weighted by Gasteiger charge is -2.30. The highest BCUT2D eigenvalue weighted by Gasteiger charge is 2.34. The van der Waals surface area contributed by atoms with Crippen molar-refractivity contribution in [3.8, 4) is 0 Å². The van der Waals surface area contributed by atoms with Crippen LogP contribution >= 0.6 is 11.3 Å². The van der Waals surface area contributed by atoms with Gasteiger partial charge in [0.15, 0.2) is 0 Å². The number of rotatable bonds is 9. The normalized spacial score (nSPS) is 11.9. The van der Waals surface area contributed by atoms with Crippen LogP contribution < -0.4 is 10.2 Å². The first kappa shape index (κ1) is 23.5. The Morgan fingerprint density at radius 2 is 1.89 bits per heavy atom. The van der Waals surface area contributed by atoms with Crippen LogP contribution in [0.3, 0.4) is 0 Å². The quantitative estimate of drug-likeness (QED) is 0.316. The highest BCUT2D eigenvalue weighted by molar-refractivity contribution is 7.10. The van der Waals surface area contributed by atoms with Gasteiger partial charge in [-0.2, -0.15) is 0 Å². The van der Waals surface area contributed by atoms with Gasteiger partial charge in [-0.15, -0.1) is 16.4 Å². The summed E-state index contributed by atoms with van der Waals surface area (Å²) >= 11 is 1.43. The van der Waals surface area contributed by atoms with E-state index < -0.39 is 6.04 Å². The number of amides is 2. The number of aromatic nitrogens is 3. The van der Waals surface area contributed by atoms with E-state index in [1.807, 2.05) is 66.0 Å². The maximum Gasteiger partial charge on any atom is 0.249 e. The molecule has 0 unspecified atom stereocenters. The third kappa shape index (κ3) is 4.92. The number of carbonyl (C=O) groups excluding carboxylic acids is 2. The summed E-state index contributed by atoms with van der Waals surface area (Å²) in [6.07, 6.45) is 2.43. The van der Waals surface area contributed by atoms with Crippen LogP contribution in [0.25, 0.3) is 11.0 Å². The van der Waals surface area contributed by atoms with Crippen molar-refractivity contribution in [2.24, 2.45) is 0 Å². The van der Waals surface area contributed by atoms with Gasteiger partial charge in [0.1, 0.15) is 23.9 Å². The van der Waals surface area contributed by atoms with Crippen LogP contribution in [0.5, 0.6) is 0 Å². The molecule has 8 nitrogen and oxygen atoms in total. The van der Waals surface area contributed by atoms with Crippen molar-refractivity contribution in [3.05, 3.63) is 101 Å². The van der Waals surface area contributed by atoms with Crippen molar-refractivity contribution in [1.29, 1.82) is 0 Å². The minimum Gasteiger partial charge on any atom is -0.467 e. The number of para-hydroxylation sites is 1. The number of benzene rings is 2. The highest BCUT2D eigenvalue weighted by Crippen LogP contribution is 2.31. The Bertz CT molecular complexity index is 1440. The smallest absolute Gasteiger partial charge is 0.249 e. The largest absolute Gasteiger partial charge is 0.467 e. The van der Waals surface area contributed by atoms with Crippen molar-refractivity contribution in [1.82, 2.24) is 20.3 Å². The Balaban J connectivity index is 1.52. The second kappa shape index (κ2) is 10.6. The molecule has 2 amide bonds. The van der Waals surface area contributed by atoms with Gasteiger partial charge in [0.05, 0.1) is 18.3 Å². The molecular formula is C27H25N5O3S.